The summed E-state index contributed by atoms with van der Waals surface area (Å²) >= 11 is 0. The van der Waals surface area contributed by atoms with Gasteiger partial charge in [0.15, 0.2) is 0 Å². The molecule has 0 atom stereocenters. The summed E-state index contributed by atoms with van der Waals surface area (Å²) in [6, 6.07) is 11.3. The first kappa shape index (κ1) is 16.8. The average Bonchev–Trinajstić information content (AvgIpc) is 3.47. The fraction of sp³-hybridized carbons (Fsp3) is 0.421. The minimum atomic E-state index is -0.444. The number of rotatable bonds is 6. The maximum atomic E-state index is 10.7. The van der Waals surface area contributed by atoms with Crippen LogP contribution in [-0.4, -0.2) is 47.5 Å². The van der Waals surface area contributed by atoms with Crippen LogP contribution < -0.4 is 10.2 Å². The van der Waals surface area contributed by atoms with E-state index >= 15 is 0 Å². The molecule has 0 radical (unpaired) electrons. The van der Waals surface area contributed by atoms with Gasteiger partial charge < -0.3 is 10.2 Å². The van der Waals surface area contributed by atoms with E-state index < -0.39 is 4.92 Å². The molecule has 1 aromatic carbocycles. The van der Waals surface area contributed by atoms with Crippen LogP contribution in [0.1, 0.15) is 12.8 Å². The standard InChI is InChI=1S/C19H23N5O2/c25-24(26)18-6-7-19(20-13-18)21-16-2-1-3-17(12-16)23-10-8-22(9-11-23)14-15-4-5-15/h1-3,6-7,12-13,15H,4-5,8-11,14H2,(H,20,21). The van der Waals surface area contributed by atoms with E-state index in [0.717, 1.165) is 37.8 Å². The van der Waals surface area contributed by atoms with E-state index in [4.69, 9.17) is 0 Å². The Morgan fingerprint density at radius 2 is 1.96 bits per heavy atom. The van der Waals surface area contributed by atoms with Gasteiger partial charge in [0, 0.05) is 50.2 Å². The van der Waals surface area contributed by atoms with Gasteiger partial charge in [-0.1, -0.05) is 6.07 Å². The van der Waals surface area contributed by atoms with Gasteiger partial charge in [0.05, 0.1) is 4.92 Å². The summed E-state index contributed by atoms with van der Waals surface area (Å²) in [7, 11) is 0. The van der Waals surface area contributed by atoms with Crippen molar-refractivity contribution in [3.05, 3.63) is 52.7 Å². The molecule has 7 heteroatoms. The molecule has 2 fully saturated rings. The quantitative estimate of drug-likeness (QED) is 0.635. The Morgan fingerprint density at radius 3 is 2.62 bits per heavy atom. The van der Waals surface area contributed by atoms with Crippen LogP contribution in [0.5, 0.6) is 0 Å². The maximum Gasteiger partial charge on any atom is 0.287 e. The third-order valence-electron chi connectivity index (χ3n) is 5.03. The van der Waals surface area contributed by atoms with Crippen LogP contribution >= 0.6 is 0 Å². The molecule has 7 nitrogen and oxygen atoms in total. The number of nitrogens with one attached hydrogen (secondary N) is 1. The largest absolute Gasteiger partial charge is 0.369 e. The van der Waals surface area contributed by atoms with E-state index in [0.29, 0.717) is 5.82 Å². The van der Waals surface area contributed by atoms with Crippen LogP contribution in [-0.2, 0) is 0 Å². The lowest BCUT2D eigenvalue weighted by molar-refractivity contribution is -0.385. The third-order valence-corrected chi connectivity index (χ3v) is 5.03. The molecule has 1 saturated carbocycles. The van der Waals surface area contributed by atoms with Crippen molar-refractivity contribution < 1.29 is 4.92 Å². The molecule has 4 rings (SSSR count). The molecule has 0 bridgehead atoms. The van der Waals surface area contributed by atoms with E-state index in [1.165, 1.54) is 37.3 Å². The van der Waals surface area contributed by atoms with Crippen molar-refractivity contribution in [3.63, 3.8) is 0 Å². The van der Waals surface area contributed by atoms with E-state index in [1.807, 2.05) is 12.1 Å². The van der Waals surface area contributed by atoms with E-state index in [-0.39, 0.29) is 5.69 Å². The van der Waals surface area contributed by atoms with Crippen molar-refractivity contribution >= 4 is 22.9 Å². The van der Waals surface area contributed by atoms with Crippen molar-refractivity contribution in [2.45, 2.75) is 12.8 Å². The molecule has 2 aromatic rings. The second-order valence-corrected chi connectivity index (χ2v) is 7.07. The van der Waals surface area contributed by atoms with Gasteiger partial charge in [-0.2, -0.15) is 0 Å². The molecular weight excluding hydrogens is 330 g/mol. The first-order valence-corrected chi connectivity index (χ1v) is 9.12. The van der Waals surface area contributed by atoms with Crippen LogP contribution in [0.3, 0.4) is 0 Å². The molecule has 0 amide bonds. The fourth-order valence-corrected chi connectivity index (χ4v) is 3.35. The van der Waals surface area contributed by atoms with E-state index in [1.54, 1.807) is 6.07 Å². The normalized spacial score (nSPS) is 17.9. The monoisotopic (exact) mass is 353 g/mol. The number of anilines is 3. The molecule has 2 heterocycles. The molecule has 0 spiro atoms. The number of aromatic nitrogens is 1. The van der Waals surface area contributed by atoms with Gasteiger partial charge in [-0.25, -0.2) is 4.98 Å². The van der Waals surface area contributed by atoms with Gasteiger partial charge in [0.1, 0.15) is 12.0 Å². The zero-order valence-corrected chi connectivity index (χ0v) is 14.7. The second kappa shape index (κ2) is 7.29. The van der Waals surface area contributed by atoms with Crippen molar-refractivity contribution in [3.8, 4) is 0 Å². The molecule has 0 unspecified atom stereocenters. The Balaban J connectivity index is 1.37. The number of nitrogens with zero attached hydrogens (tertiary/aromatic N) is 4. The fourth-order valence-electron chi connectivity index (χ4n) is 3.35. The summed E-state index contributed by atoms with van der Waals surface area (Å²) in [4.78, 5) is 19.4. The molecule has 1 aromatic heterocycles. The summed E-state index contributed by atoms with van der Waals surface area (Å²) in [5.41, 5.74) is 2.13. The highest BCUT2D eigenvalue weighted by Gasteiger charge is 2.26. The lowest BCUT2D eigenvalue weighted by Gasteiger charge is -2.36. The molecule has 1 aliphatic heterocycles. The SMILES string of the molecule is O=[N+]([O-])c1ccc(Nc2cccc(N3CCN(CC4CC4)CC3)c2)nc1. The van der Waals surface area contributed by atoms with Gasteiger partial charge in [0.2, 0.25) is 0 Å². The average molecular weight is 353 g/mol. The van der Waals surface area contributed by atoms with Crippen molar-refractivity contribution in [1.82, 2.24) is 9.88 Å². The van der Waals surface area contributed by atoms with Gasteiger partial charge >= 0.3 is 0 Å². The zero-order chi connectivity index (χ0) is 17.9. The molecule has 136 valence electrons. The Bertz CT molecular complexity index is 768. The van der Waals surface area contributed by atoms with Gasteiger partial charge in [-0.05, 0) is 43.0 Å². The summed E-state index contributed by atoms with van der Waals surface area (Å²) < 4.78 is 0. The zero-order valence-electron chi connectivity index (χ0n) is 14.7. The van der Waals surface area contributed by atoms with E-state index in [9.17, 15) is 10.1 Å². The third kappa shape index (κ3) is 4.11. The summed E-state index contributed by atoms with van der Waals surface area (Å²) in [6.45, 7) is 5.61. The number of benzene rings is 1. The van der Waals surface area contributed by atoms with Crippen LogP contribution in [0.25, 0.3) is 0 Å². The maximum absolute atomic E-state index is 10.7. The Labute approximate surface area is 152 Å². The molecular formula is C19H23N5O2. The first-order chi connectivity index (χ1) is 12.7. The molecule has 1 N–H and O–H groups in total. The van der Waals surface area contributed by atoms with Crippen LogP contribution in [0, 0.1) is 16.0 Å². The predicted molar refractivity (Wildman–Crippen MR) is 102 cm³/mol. The van der Waals surface area contributed by atoms with Crippen molar-refractivity contribution in [1.29, 1.82) is 0 Å². The number of hydrogen-bond acceptors (Lipinski definition) is 6. The van der Waals surface area contributed by atoms with Crippen molar-refractivity contribution in [2.24, 2.45) is 5.92 Å². The topological polar surface area (TPSA) is 74.5 Å². The van der Waals surface area contributed by atoms with Crippen molar-refractivity contribution in [2.75, 3.05) is 42.9 Å². The Hall–Kier alpha value is -2.67. The highest BCUT2D eigenvalue weighted by Crippen LogP contribution is 2.30. The predicted octanol–water partition coefficient (Wildman–Crippen LogP) is 3.27. The second-order valence-electron chi connectivity index (χ2n) is 7.07. The first-order valence-electron chi connectivity index (χ1n) is 9.12. The van der Waals surface area contributed by atoms with Crippen LogP contribution in [0.15, 0.2) is 42.6 Å². The minimum Gasteiger partial charge on any atom is -0.369 e. The summed E-state index contributed by atoms with van der Waals surface area (Å²) in [5, 5.41) is 13.9. The highest BCUT2D eigenvalue weighted by molar-refractivity contribution is 5.63. The van der Waals surface area contributed by atoms with Crippen LogP contribution in [0.4, 0.5) is 22.9 Å². The van der Waals surface area contributed by atoms with E-state index in [2.05, 4.69) is 32.2 Å². The number of pyridine rings is 1. The summed E-state index contributed by atoms with van der Waals surface area (Å²) in [5.74, 6) is 1.55. The molecule has 2 aliphatic rings. The van der Waals surface area contributed by atoms with Crippen LogP contribution in [0.2, 0.25) is 0 Å². The number of piperazine rings is 1. The minimum absolute atomic E-state index is 0.00614. The molecule has 1 aliphatic carbocycles. The van der Waals surface area contributed by atoms with Gasteiger partial charge in [-0.15, -0.1) is 0 Å². The Kier molecular flexibility index (Phi) is 4.71. The Morgan fingerprint density at radius 1 is 1.15 bits per heavy atom. The molecule has 26 heavy (non-hydrogen) atoms. The lowest BCUT2D eigenvalue weighted by Crippen LogP contribution is -2.47. The van der Waals surface area contributed by atoms with Gasteiger partial charge in [0.25, 0.3) is 5.69 Å². The number of hydrogen-bond donors (Lipinski definition) is 1. The molecule has 1 saturated heterocycles. The number of nitro groups is 1. The highest BCUT2D eigenvalue weighted by atomic mass is 16.6. The lowest BCUT2D eigenvalue weighted by atomic mass is 10.2. The summed E-state index contributed by atoms with van der Waals surface area (Å²) in [6.07, 6.45) is 4.08. The van der Waals surface area contributed by atoms with Gasteiger partial charge in [-0.3, -0.25) is 15.0 Å². The smallest absolute Gasteiger partial charge is 0.287 e.